The van der Waals surface area contributed by atoms with Crippen molar-refractivity contribution in [3.05, 3.63) is 11.9 Å². The second kappa shape index (κ2) is 5.88. The molecule has 0 aliphatic carbocycles. The molecule has 2 N–H and O–H groups in total. The summed E-state index contributed by atoms with van der Waals surface area (Å²) < 4.78 is 37.2. The van der Waals surface area contributed by atoms with Gasteiger partial charge < -0.3 is 10.6 Å². The first kappa shape index (κ1) is 14.5. The van der Waals surface area contributed by atoms with Gasteiger partial charge in [-0.1, -0.05) is 6.92 Å². The zero-order valence-corrected chi connectivity index (χ0v) is 10.5. The van der Waals surface area contributed by atoms with Gasteiger partial charge in [0.15, 0.2) is 0 Å². The highest BCUT2D eigenvalue weighted by Gasteiger charge is 2.31. The van der Waals surface area contributed by atoms with Gasteiger partial charge in [-0.05, 0) is 13.3 Å². The fourth-order valence-corrected chi connectivity index (χ4v) is 1.57. The van der Waals surface area contributed by atoms with Gasteiger partial charge in [0.1, 0.15) is 24.0 Å². The van der Waals surface area contributed by atoms with Crippen LogP contribution in [0.1, 0.15) is 26.1 Å². The van der Waals surface area contributed by atoms with Crippen molar-refractivity contribution < 1.29 is 13.2 Å². The summed E-state index contributed by atoms with van der Waals surface area (Å²) in [6.07, 6.45) is -2.85. The molecule has 1 aromatic rings. The van der Waals surface area contributed by atoms with E-state index in [0.29, 0.717) is 12.2 Å². The predicted octanol–water partition coefficient (Wildman–Crippen LogP) is 2.40. The lowest BCUT2D eigenvalue weighted by Crippen LogP contribution is -2.35. The van der Waals surface area contributed by atoms with Crippen LogP contribution in [-0.4, -0.2) is 29.2 Å². The van der Waals surface area contributed by atoms with Crippen molar-refractivity contribution in [1.82, 2.24) is 9.97 Å². The molecule has 0 unspecified atom stereocenters. The second-order valence-electron chi connectivity index (χ2n) is 3.95. The molecule has 1 heterocycles. The maximum absolute atomic E-state index is 12.4. The van der Waals surface area contributed by atoms with Crippen LogP contribution in [0.5, 0.6) is 0 Å². The lowest BCUT2D eigenvalue weighted by Gasteiger charge is -2.23. The summed E-state index contributed by atoms with van der Waals surface area (Å²) >= 11 is 0. The number of aryl methyl sites for hydroxylation is 1. The molecule has 0 aliphatic rings. The van der Waals surface area contributed by atoms with Crippen molar-refractivity contribution in [2.45, 2.75) is 32.9 Å². The summed E-state index contributed by atoms with van der Waals surface area (Å²) in [7, 11) is 0. The predicted molar refractivity (Wildman–Crippen MR) is 64.4 cm³/mol. The van der Waals surface area contributed by atoms with Crippen LogP contribution in [0.3, 0.4) is 0 Å². The molecule has 0 aliphatic heterocycles. The Kier molecular flexibility index (Phi) is 4.75. The third-order valence-electron chi connectivity index (χ3n) is 2.33. The number of nitrogens with two attached hydrogens (primary N) is 1. The zero-order valence-electron chi connectivity index (χ0n) is 10.5. The van der Waals surface area contributed by atoms with E-state index in [1.807, 2.05) is 6.92 Å². The first-order valence-electron chi connectivity index (χ1n) is 5.80. The minimum absolute atomic E-state index is 0.198. The average molecular weight is 262 g/mol. The highest BCUT2D eigenvalue weighted by molar-refractivity contribution is 5.47. The van der Waals surface area contributed by atoms with E-state index in [0.717, 1.165) is 11.3 Å². The summed E-state index contributed by atoms with van der Waals surface area (Å²) in [5.74, 6) is 0.906. The van der Waals surface area contributed by atoms with E-state index in [1.54, 1.807) is 6.92 Å². The molecule has 1 rings (SSSR count). The molecule has 0 aromatic carbocycles. The summed E-state index contributed by atoms with van der Waals surface area (Å²) in [5, 5.41) is 0. The Balaban J connectivity index is 2.98. The fraction of sp³-hybridized carbons (Fsp3) is 0.636. The Bertz CT molecular complexity index is 392. The van der Waals surface area contributed by atoms with E-state index >= 15 is 0 Å². The SMILES string of the molecule is CCCc1nc(N)cc(N(CC)CC(F)(F)F)n1. The Morgan fingerprint density at radius 3 is 2.44 bits per heavy atom. The Hall–Kier alpha value is -1.53. The number of nitrogens with zero attached hydrogens (tertiary/aromatic N) is 3. The lowest BCUT2D eigenvalue weighted by atomic mass is 10.3. The summed E-state index contributed by atoms with van der Waals surface area (Å²) in [5.41, 5.74) is 5.59. The first-order chi connectivity index (χ1) is 8.35. The largest absolute Gasteiger partial charge is 0.405 e. The molecule has 102 valence electrons. The number of alkyl halides is 3. The van der Waals surface area contributed by atoms with E-state index < -0.39 is 12.7 Å². The van der Waals surface area contributed by atoms with E-state index in [1.165, 1.54) is 6.07 Å². The van der Waals surface area contributed by atoms with Crippen LogP contribution in [0.15, 0.2) is 6.07 Å². The topological polar surface area (TPSA) is 55.0 Å². The molecular weight excluding hydrogens is 245 g/mol. The van der Waals surface area contributed by atoms with E-state index in [9.17, 15) is 13.2 Å². The van der Waals surface area contributed by atoms with E-state index in [4.69, 9.17) is 5.73 Å². The van der Waals surface area contributed by atoms with Gasteiger partial charge in [0.05, 0.1) is 0 Å². The van der Waals surface area contributed by atoms with Crippen LogP contribution in [0.2, 0.25) is 0 Å². The number of hydrogen-bond donors (Lipinski definition) is 1. The van der Waals surface area contributed by atoms with Crippen molar-refractivity contribution >= 4 is 11.6 Å². The molecular formula is C11H17F3N4. The first-order valence-corrected chi connectivity index (χ1v) is 5.80. The number of rotatable bonds is 5. The van der Waals surface area contributed by atoms with Gasteiger partial charge in [-0.25, -0.2) is 9.97 Å². The van der Waals surface area contributed by atoms with E-state index in [2.05, 4.69) is 9.97 Å². The third kappa shape index (κ3) is 4.38. The molecule has 0 fully saturated rings. The molecule has 0 bridgehead atoms. The van der Waals surface area contributed by atoms with E-state index in [-0.39, 0.29) is 18.2 Å². The van der Waals surface area contributed by atoms with Crippen molar-refractivity contribution in [2.24, 2.45) is 0 Å². The van der Waals surface area contributed by atoms with Crippen molar-refractivity contribution in [3.8, 4) is 0 Å². The molecule has 0 amide bonds. The van der Waals surface area contributed by atoms with Gasteiger partial charge >= 0.3 is 6.18 Å². The molecule has 1 aromatic heterocycles. The highest BCUT2D eigenvalue weighted by Crippen LogP contribution is 2.21. The van der Waals surface area contributed by atoms with Crippen molar-refractivity contribution in [1.29, 1.82) is 0 Å². The molecule has 0 saturated carbocycles. The fourth-order valence-electron chi connectivity index (χ4n) is 1.57. The number of halogens is 3. The monoisotopic (exact) mass is 262 g/mol. The number of hydrogen-bond acceptors (Lipinski definition) is 4. The standard InChI is InChI=1S/C11H17F3N4/c1-3-5-9-16-8(15)6-10(17-9)18(4-2)7-11(12,13)14/h6H,3-5,7H2,1-2H3,(H2,15,16,17). The summed E-state index contributed by atoms with van der Waals surface area (Å²) in [6.45, 7) is 2.76. The van der Waals surface area contributed by atoms with Crippen molar-refractivity contribution in [3.63, 3.8) is 0 Å². The maximum Gasteiger partial charge on any atom is 0.405 e. The molecule has 7 heteroatoms. The molecule has 18 heavy (non-hydrogen) atoms. The number of nitrogen functional groups attached to an aromatic ring is 1. The Labute approximate surface area is 104 Å². The van der Waals surface area contributed by atoms with Crippen LogP contribution < -0.4 is 10.6 Å². The van der Waals surface area contributed by atoms with Gasteiger partial charge in [-0.3, -0.25) is 0 Å². The Morgan fingerprint density at radius 2 is 1.94 bits per heavy atom. The van der Waals surface area contributed by atoms with Gasteiger partial charge in [0, 0.05) is 19.0 Å². The summed E-state index contributed by atoms with van der Waals surface area (Å²) in [4.78, 5) is 9.25. The number of anilines is 2. The lowest BCUT2D eigenvalue weighted by molar-refractivity contribution is -0.119. The van der Waals surface area contributed by atoms with Crippen LogP contribution >= 0.6 is 0 Å². The zero-order chi connectivity index (χ0) is 13.8. The van der Waals surface area contributed by atoms with Crippen LogP contribution in [0.25, 0.3) is 0 Å². The minimum atomic E-state index is -4.26. The van der Waals surface area contributed by atoms with Crippen LogP contribution in [0.4, 0.5) is 24.8 Å². The van der Waals surface area contributed by atoms with Crippen molar-refractivity contribution in [2.75, 3.05) is 23.7 Å². The van der Waals surface area contributed by atoms with Gasteiger partial charge in [0.2, 0.25) is 0 Å². The highest BCUT2D eigenvalue weighted by atomic mass is 19.4. The third-order valence-corrected chi connectivity index (χ3v) is 2.33. The van der Waals surface area contributed by atoms with Gasteiger partial charge in [-0.2, -0.15) is 13.2 Å². The molecule has 0 radical (unpaired) electrons. The normalized spacial score (nSPS) is 11.6. The smallest absolute Gasteiger partial charge is 0.384 e. The molecule has 0 atom stereocenters. The van der Waals surface area contributed by atoms with Gasteiger partial charge in [0.25, 0.3) is 0 Å². The Morgan fingerprint density at radius 1 is 1.28 bits per heavy atom. The van der Waals surface area contributed by atoms with Crippen LogP contribution in [-0.2, 0) is 6.42 Å². The molecule has 0 spiro atoms. The van der Waals surface area contributed by atoms with Gasteiger partial charge in [-0.15, -0.1) is 0 Å². The number of aromatic nitrogens is 2. The minimum Gasteiger partial charge on any atom is -0.384 e. The maximum atomic E-state index is 12.4. The molecule has 4 nitrogen and oxygen atoms in total. The quantitative estimate of drug-likeness (QED) is 0.885. The van der Waals surface area contributed by atoms with Crippen LogP contribution in [0, 0.1) is 0 Å². The molecule has 0 saturated heterocycles. The average Bonchev–Trinajstić information content (AvgIpc) is 2.24. The second-order valence-corrected chi connectivity index (χ2v) is 3.95. The summed E-state index contributed by atoms with van der Waals surface area (Å²) in [6, 6.07) is 1.37.